The fraction of sp³-hybridized carbons (Fsp3) is 0.750. The molecule has 0 aromatic heterocycles. The van der Waals surface area contributed by atoms with Crippen LogP contribution >= 0.6 is 0 Å². The van der Waals surface area contributed by atoms with Gasteiger partial charge in [-0.25, -0.2) is 0 Å². The van der Waals surface area contributed by atoms with Crippen molar-refractivity contribution in [3.8, 4) is 0 Å². The van der Waals surface area contributed by atoms with Crippen molar-refractivity contribution in [3.05, 3.63) is 0 Å². The van der Waals surface area contributed by atoms with Crippen molar-refractivity contribution >= 4 is 11.7 Å². The molecule has 1 rings (SSSR count). The lowest BCUT2D eigenvalue weighted by Crippen LogP contribution is -2.35. The molecule has 3 nitrogen and oxygen atoms in total. The monoisotopic (exact) mass is 155 g/mol. The first-order valence-corrected chi connectivity index (χ1v) is 3.94. The van der Waals surface area contributed by atoms with Crippen molar-refractivity contribution in [2.45, 2.75) is 32.7 Å². The summed E-state index contributed by atoms with van der Waals surface area (Å²) in [6, 6.07) is -0.206. The first-order chi connectivity index (χ1) is 5.11. The molecule has 11 heavy (non-hydrogen) atoms. The van der Waals surface area contributed by atoms with E-state index in [-0.39, 0.29) is 23.7 Å². The van der Waals surface area contributed by atoms with E-state index in [1.807, 2.05) is 13.8 Å². The van der Waals surface area contributed by atoms with Crippen molar-refractivity contribution < 1.29 is 9.59 Å². The third-order valence-corrected chi connectivity index (χ3v) is 1.91. The standard InChI is InChI=1S/C8H13NO2/c1-5(2)8(11)6-3-4-7(10)9-6/h5-6H,3-4H2,1-2H3,(H,9,10). The van der Waals surface area contributed by atoms with Crippen LogP contribution in [0, 0.1) is 5.92 Å². The number of amides is 1. The second kappa shape index (κ2) is 3.03. The summed E-state index contributed by atoms with van der Waals surface area (Å²) < 4.78 is 0. The molecule has 1 unspecified atom stereocenters. The Bertz CT molecular complexity index is 187. The molecule has 1 aliphatic heterocycles. The van der Waals surface area contributed by atoms with Crippen LogP contribution in [0.4, 0.5) is 0 Å². The molecule has 3 heteroatoms. The number of carbonyl (C=O) groups is 2. The largest absolute Gasteiger partial charge is 0.346 e. The summed E-state index contributed by atoms with van der Waals surface area (Å²) in [4.78, 5) is 22.0. The fourth-order valence-corrected chi connectivity index (χ4v) is 1.23. The predicted molar refractivity (Wildman–Crippen MR) is 41.0 cm³/mol. The Labute approximate surface area is 66.2 Å². The Morgan fingerprint density at radius 2 is 2.27 bits per heavy atom. The van der Waals surface area contributed by atoms with Crippen LogP contribution in [0.2, 0.25) is 0 Å². The molecule has 0 saturated carbocycles. The zero-order chi connectivity index (χ0) is 8.43. The number of hydrogen-bond donors (Lipinski definition) is 1. The van der Waals surface area contributed by atoms with Gasteiger partial charge < -0.3 is 5.32 Å². The van der Waals surface area contributed by atoms with E-state index in [2.05, 4.69) is 5.32 Å². The van der Waals surface area contributed by atoms with Crippen LogP contribution in [0.3, 0.4) is 0 Å². The summed E-state index contributed by atoms with van der Waals surface area (Å²) >= 11 is 0. The maximum absolute atomic E-state index is 11.3. The summed E-state index contributed by atoms with van der Waals surface area (Å²) in [6.07, 6.45) is 1.18. The first kappa shape index (κ1) is 8.24. The van der Waals surface area contributed by atoms with Crippen LogP contribution in [0.15, 0.2) is 0 Å². The molecule has 0 aromatic carbocycles. The van der Waals surface area contributed by atoms with Crippen molar-refractivity contribution in [2.24, 2.45) is 5.92 Å². The fourth-order valence-electron chi connectivity index (χ4n) is 1.23. The van der Waals surface area contributed by atoms with Gasteiger partial charge in [0.05, 0.1) is 6.04 Å². The Kier molecular flexibility index (Phi) is 2.27. The summed E-state index contributed by atoms with van der Waals surface area (Å²) in [5.41, 5.74) is 0. The zero-order valence-corrected chi connectivity index (χ0v) is 6.89. The molecule has 1 aliphatic rings. The van der Waals surface area contributed by atoms with E-state index >= 15 is 0 Å². The Hall–Kier alpha value is -0.860. The molecule has 0 bridgehead atoms. The van der Waals surface area contributed by atoms with Crippen molar-refractivity contribution in [3.63, 3.8) is 0 Å². The summed E-state index contributed by atoms with van der Waals surface area (Å²) in [5.74, 6) is 0.179. The van der Waals surface area contributed by atoms with E-state index in [9.17, 15) is 9.59 Å². The molecular weight excluding hydrogens is 142 g/mol. The van der Waals surface area contributed by atoms with E-state index in [1.54, 1.807) is 0 Å². The van der Waals surface area contributed by atoms with Crippen LogP contribution in [-0.4, -0.2) is 17.7 Å². The zero-order valence-electron chi connectivity index (χ0n) is 6.89. The summed E-state index contributed by atoms with van der Waals surface area (Å²) in [7, 11) is 0. The molecule has 0 aromatic rings. The molecule has 1 saturated heterocycles. The second-order valence-corrected chi connectivity index (χ2v) is 3.22. The lowest BCUT2D eigenvalue weighted by atomic mass is 10.0. The minimum absolute atomic E-state index is 0.00370. The van der Waals surface area contributed by atoms with Crippen molar-refractivity contribution in [1.82, 2.24) is 5.32 Å². The molecule has 62 valence electrons. The highest BCUT2D eigenvalue weighted by atomic mass is 16.2. The molecule has 1 N–H and O–H groups in total. The van der Waals surface area contributed by atoms with Crippen LogP contribution in [0.25, 0.3) is 0 Å². The highest BCUT2D eigenvalue weighted by Crippen LogP contribution is 2.11. The minimum Gasteiger partial charge on any atom is -0.346 e. The number of carbonyl (C=O) groups excluding carboxylic acids is 2. The Morgan fingerprint density at radius 3 is 2.64 bits per heavy atom. The van der Waals surface area contributed by atoms with Gasteiger partial charge in [-0.3, -0.25) is 9.59 Å². The molecule has 0 radical (unpaired) electrons. The van der Waals surface area contributed by atoms with Crippen LogP contribution in [-0.2, 0) is 9.59 Å². The minimum atomic E-state index is -0.206. The van der Waals surface area contributed by atoms with Gasteiger partial charge >= 0.3 is 0 Å². The third kappa shape index (κ3) is 1.79. The average molecular weight is 155 g/mol. The van der Waals surface area contributed by atoms with E-state index in [0.717, 1.165) is 0 Å². The molecule has 1 fully saturated rings. The van der Waals surface area contributed by atoms with E-state index < -0.39 is 0 Å². The van der Waals surface area contributed by atoms with Crippen LogP contribution in [0.1, 0.15) is 26.7 Å². The molecule has 0 spiro atoms. The lowest BCUT2D eigenvalue weighted by Gasteiger charge is -2.10. The number of hydrogen-bond acceptors (Lipinski definition) is 2. The van der Waals surface area contributed by atoms with Gasteiger partial charge in [-0.15, -0.1) is 0 Å². The topological polar surface area (TPSA) is 46.2 Å². The normalized spacial score (nSPS) is 23.9. The van der Waals surface area contributed by atoms with Gasteiger partial charge in [-0.05, 0) is 6.42 Å². The SMILES string of the molecule is CC(C)C(=O)C1CCC(=O)N1. The van der Waals surface area contributed by atoms with Crippen LogP contribution in [0.5, 0.6) is 0 Å². The van der Waals surface area contributed by atoms with Gasteiger partial charge in [0.25, 0.3) is 0 Å². The van der Waals surface area contributed by atoms with Gasteiger partial charge in [0.15, 0.2) is 5.78 Å². The van der Waals surface area contributed by atoms with E-state index in [4.69, 9.17) is 0 Å². The van der Waals surface area contributed by atoms with Gasteiger partial charge in [0.1, 0.15) is 0 Å². The van der Waals surface area contributed by atoms with E-state index in [1.165, 1.54) is 0 Å². The Balaban J connectivity index is 2.50. The van der Waals surface area contributed by atoms with E-state index in [0.29, 0.717) is 12.8 Å². The molecule has 1 atom stereocenters. The Morgan fingerprint density at radius 1 is 1.64 bits per heavy atom. The third-order valence-electron chi connectivity index (χ3n) is 1.91. The number of Topliss-reactive ketones (excluding diaryl/α,β-unsaturated/α-hetero) is 1. The van der Waals surface area contributed by atoms with Gasteiger partial charge in [-0.2, -0.15) is 0 Å². The lowest BCUT2D eigenvalue weighted by molar-refractivity contribution is -0.126. The molecule has 1 amide bonds. The first-order valence-electron chi connectivity index (χ1n) is 3.94. The van der Waals surface area contributed by atoms with Crippen LogP contribution < -0.4 is 5.32 Å². The number of ketones is 1. The second-order valence-electron chi connectivity index (χ2n) is 3.22. The predicted octanol–water partition coefficient (Wildman–Crippen LogP) is 0.490. The maximum Gasteiger partial charge on any atom is 0.220 e. The van der Waals surface area contributed by atoms with Crippen molar-refractivity contribution in [2.75, 3.05) is 0 Å². The van der Waals surface area contributed by atoms with Crippen molar-refractivity contribution in [1.29, 1.82) is 0 Å². The highest BCUT2D eigenvalue weighted by molar-refractivity contribution is 5.92. The number of nitrogens with one attached hydrogen (secondary N) is 1. The van der Waals surface area contributed by atoms with Gasteiger partial charge in [-0.1, -0.05) is 13.8 Å². The van der Waals surface area contributed by atoms with Gasteiger partial charge in [0, 0.05) is 12.3 Å². The van der Waals surface area contributed by atoms with Gasteiger partial charge in [0.2, 0.25) is 5.91 Å². The quantitative estimate of drug-likeness (QED) is 0.630. The summed E-state index contributed by atoms with van der Waals surface area (Å²) in [6.45, 7) is 3.71. The highest BCUT2D eigenvalue weighted by Gasteiger charge is 2.28. The maximum atomic E-state index is 11.3. The molecular formula is C8H13NO2. The average Bonchev–Trinajstić information content (AvgIpc) is 2.34. The summed E-state index contributed by atoms with van der Waals surface area (Å²) in [5, 5.41) is 2.65. The smallest absolute Gasteiger partial charge is 0.220 e. The molecule has 0 aliphatic carbocycles. The molecule has 1 heterocycles. The number of rotatable bonds is 2.